The minimum absolute atomic E-state index is 0.199. The number of hydrogen-bond acceptors (Lipinski definition) is 7. The molecule has 0 unspecified atom stereocenters. The Morgan fingerprint density at radius 1 is 1.12 bits per heavy atom. The first-order chi connectivity index (χ1) is 11.9. The summed E-state index contributed by atoms with van der Waals surface area (Å²) in [4.78, 5) is 22.6. The molecule has 138 valence electrons. The Balaban J connectivity index is 1.99. The van der Waals surface area contributed by atoms with E-state index in [1.54, 1.807) is 0 Å². The van der Waals surface area contributed by atoms with Gasteiger partial charge in [-0.25, -0.2) is 0 Å². The molecule has 0 bridgehead atoms. The van der Waals surface area contributed by atoms with Crippen LogP contribution in [0.1, 0.15) is 19.4 Å². The van der Waals surface area contributed by atoms with Gasteiger partial charge in [0.05, 0.1) is 23.2 Å². The molecule has 1 fully saturated rings. The fourth-order valence-electron chi connectivity index (χ4n) is 2.53. The van der Waals surface area contributed by atoms with E-state index in [4.69, 9.17) is 18.9 Å². The van der Waals surface area contributed by atoms with E-state index < -0.39 is 36.5 Å². The van der Waals surface area contributed by atoms with Crippen LogP contribution in [0.3, 0.4) is 0 Å². The fourth-order valence-corrected chi connectivity index (χ4v) is 3.46. The van der Waals surface area contributed by atoms with Crippen molar-refractivity contribution in [3.8, 4) is 0 Å². The van der Waals surface area contributed by atoms with E-state index in [-0.39, 0.29) is 10.5 Å². The summed E-state index contributed by atoms with van der Waals surface area (Å²) in [6.45, 7) is 3.07. The molecule has 0 radical (unpaired) electrons. The maximum Gasteiger partial charge on any atom is 0.303 e. The van der Waals surface area contributed by atoms with Crippen molar-refractivity contribution in [3.05, 3.63) is 35.9 Å². The molecule has 8 heteroatoms. The van der Waals surface area contributed by atoms with Crippen molar-refractivity contribution in [3.63, 3.8) is 0 Å². The number of aliphatic hydroxyl groups is 1. The van der Waals surface area contributed by atoms with Crippen molar-refractivity contribution in [2.75, 3.05) is 6.61 Å². The van der Waals surface area contributed by atoms with Gasteiger partial charge in [-0.3, -0.25) is 9.59 Å². The summed E-state index contributed by atoms with van der Waals surface area (Å²) >= 11 is 2.06. The van der Waals surface area contributed by atoms with Crippen LogP contribution in [-0.2, 0) is 35.1 Å². The third-order valence-electron chi connectivity index (χ3n) is 3.59. The van der Waals surface area contributed by atoms with Crippen molar-refractivity contribution in [2.24, 2.45) is 0 Å². The number of halogens is 1. The van der Waals surface area contributed by atoms with E-state index in [1.807, 2.05) is 30.3 Å². The molecule has 1 aromatic carbocycles. The maximum atomic E-state index is 11.4. The Labute approximate surface area is 159 Å². The molecule has 0 saturated carbocycles. The zero-order chi connectivity index (χ0) is 18.4. The van der Waals surface area contributed by atoms with Crippen LogP contribution >= 0.6 is 22.6 Å². The smallest absolute Gasteiger partial charge is 0.303 e. The van der Waals surface area contributed by atoms with Gasteiger partial charge in [-0.05, 0) is 5.56 Å². The number of rotatable bonds is 6. The lowest BCUT2D eigenvalue weighted by molar-refractivity contribution is -0.260. The second-order valence-corrected chi connectivity index (χ2v) is 7.10. The lowest BCUT2D eigenvalue weighted by atomic mass is 10.0. The van der Waals surface area contributed by atoms with Gasteiger partial charge in [-0.2, -0.15) is 0 Å². The van der Waals surface area contributed by atoms with E-state index >= 15 is 0 Å². The number of esters is 2. The summed E-state index contributed by atoms with van der Waals surface area (Å²) in [6.07, 6.45) is -3.81. The molecular weight excluding hydrogens is 443 g/mol. The lowest BCUT2D eigenvalue weighted by Crippen LogP contribution is -2.59. The first kappa shape index (κ1) is 20.1. The van der Waals surface area contributed by atoms with Crippen molar-refractivity contribution in [2.45, 2.75) is 49.0 Å². The zero-order valence-corrected chi connectivity index (χ0v) is 16.1. The second-order valence-electron chi connectivity index (χ2n) is 5.66. The number of benzene rings is 1. The minimum Gasteiger partial charge on any atom is -0.457 e. The molecule has 0 amide bonds. The molecule has 0 aromatic heterocycles. The van der Waals surface area contributed by atoms with Crippen molar-refractivity contribution >= 4 is 34.5 Å². The number of carbonyl (C=O) groups excluding carboxylic acids is 2. The van der Waals surface area contributed by atoms with Gasteiger partial charge in [0.2, 0.25) is 0 Å². The molecule has 0 aliphatic carbocycles. The summed E-state index contributed by atoms with van der Waals surface area (Å²) in [6, 6.07) is 9.64. The van der Waals surface area contributed by atoms with Gasteiger partial charge >= 0.3 is 11.9 Å². The van der Waals surface area contributed by atoms with Gasteiger partial charge in [0.15, 0.2) is 18.5 Å². The number of alkyl halides is 1. The number of aliphatic hydroxyl groups excluding tert-OH is 1. The maximum absolute atomic E-state index is 11.4. The van der Waals surface area contributed by atoms with Gasteiger partial charge in [0.25, 0.3) is 0 Å². The van der Waals surface area contributed by atoms with Crippen molar-refractivity contribution in [1.29, 1.82) is 0 Å². The molecule has 1 aliphatic heterocycles. The van der Waals surface area contributed by atoms with Gasteiger partial charge in [-0.1, -0.05) is 52.9 Å². The summed E-state index contributed by atoms with van der Waals surface area (Å²) in [5.74, 6) is -1.12. The average Bonchev–Trinajstić information content (AvgIpc) is 2.55. The summed E-state index contributed by atoms with van der Waals surface area (Å²) in [5, 5.41) is 10.2. The van der Waals surface area contributed by atoms with Crippen LogP contribution < -0.4 is 0 Å². The highest BCUT2D eigenvalue weighted by Crippen LogP contribution is 2.30. The fraction of sp³-hybridized carbons (Fsp3) is 0.529. The van der Waals surface area contributed by atoms with Crippen molar-refractivity contribution in [1.82, 2.24) is 0 Å². The third-order valence-corrected chi connectivity index (χ3v) is 5.10. The summed E-state index contributed by atoms with van der Waals surface area (Å²) in [5.41, 5.74) is 1.01. The minimum atomic E-state index is -1.40. The first-order valence-electron chi connectivity index (χ1n) is 7.82. The van der Waals surface area contributed by atoms with E-state index in [1.165, 1.54) is 13.8 Å². The van der Waals surface area contributed by atoms with E-state index in [2.05, 4.69) is 22.6 Å². The normalized spacial score (nSPS) is 29.0. The molecule has 1 N–H and O–H groups in total. The molecule has 25 heavy (non-hydrogen) atoms. The highest BCUT2D eigenvalue weighted by Gasteiger charge is 2.48. The van der Waals surface area contributed by atoms with Crippen LogP contribution in [0, 0.1) is 0 Å². The SMILES string of the molecule is CC(=O)O[C@@H]1[C@@H](OC(C)=O)[C@@H](I)[C@@H](COCc2ccccc2)O[C@@H]1O. The molecule has 5 atom stereocenters. The Morgan fingerprint density at radius 2 is 1.72 bits per heavy atom. The van der Waals surface area contributed by atoms with E-state index in [0.717, 1.165) is 5.56 Å². The van der Waals surface area contributed by atoms with Gasteiger partial charge < -0.3 is 24.1 Å². The quantitative estimate of drug-likeness (QED) is 0.389. The standard InChI is InChI=1S/C17H21IO7/c1-10(19)23-15-14(18)13(25-17(21)16(15)24-11(2)20)9-22-8-12-6-4-3-5-7-12/h3-7,13-17,21H,8-9H2,1-2H3/t13-,14+,15+,16-,17+/m1/s1. The average molecular weight is 464 g/mol. The van der Waals surface area contributed by atoms with Gasteiger partial charge in [-0.15, -0.1) is 0 Å². The predicted molar refractivity (Wildman–Crippen MR) is 95.9 cm³/mol. The second kappa shape index (κ2) is 9.46. The number of carbonyl (C=O) groups is 2. The zero-order valence-electron chi connectivity index (χ0n) is 14.0. The van der Waals surface area contributed by atoms with Crippen LogP contribution in [-0.4, -0.2) is 52.2 Å². The van der Waals surface area contributed by atoms with Crippen molar-refractivity contribution < 1.29 is 33.6 Å². The Bertz CT molecular complexity index is 580. The highest BCUT2D eigenvalue weighted by molar-refractivity contribution is 14.1. The van der Waals surface area contributed by atoms with Crippen LogP contribution in [0.5, 0.6) is 0 Å². The first-order valence-corrected chi connectivity index (χ1v) is 9.06. The highest BCUT2D eigenvalue weighted by atomic mass is 127. The number of ether oxygens (including phenoxy) is 4. The molecule has 1 saturated heterocycles. The largest absolute Gasteiger partial charge is 0.457 e. The molecule has 7 nitrogen and oxygen atoms in total. The molecule has 0 spiro atoms. The summed E-state index contributed by atoms with van der Waals surface area (Å²) in [7, 11) is 0. The monoisotopic (exact) mass is 464 g/mol. The molecule has 1 aliphatic rings. The van der Waals surface area contributed by atoms with Gasteiger partial charge in [0.1, 0.15) is 0 Å². The third kappa shape index (κ3) is 5.91. The Morgan fingerprint density at radius 3 is 2.32 bits per heavy atom. The van der Waals surface area contributed by atoms with E-state index in [9.17, 15) is 14.7 Å². The van der Waals surface area contributed by atoms with Crippen LogP contribution in [0.25, 0.3) is 0 Å². The van der Waals surface area contributed by atoms with Gasteiger partial charge in [0, 0.05) is 13.8 Å². The Hall–Kier alpha value is -1.23. The molecule has 1 aromatic rings. The predicted octanol–water partition coefficient (Wildman–Crippen LogP) is 1.59. The Kier molecular flexibility index (Phi) is 7.60. The molecule has 1 heterocycles. The molecule has 2 rings (SSSR count). The summed E-state index contributed by atoms with van der Waals surface area (Å²) < 4.78 is 21.2. The van der Waals surface area contributed by atoms with Crippen LogP contribution in [0.15, 0.2) is 30.3 Å². The molecular formula is C17H21IO7. The van der Waals surface area contributed by atoms with E-state index in [0.29, 0.717) is 6.61 Å². The topological polar surface area (TPSA) is 91.3 Å². The lowest BCUT2D eigenvalue weighted by Gasteiger charge is -2.41. The van der Waals surface area contributed by atoms with Crippen LogP contribution in [0.2, 0.25) is 0 Å². The number of hydrogen-bond donors (Lipinski definition) is 1. The van der Waals surface area contributed by atoms with Crippen LogP contribution in [0.4, 0.5) is 0 Å².